The predicted molar refractivity (Wildman–Crippen MR) is 320 cm³/mol. The molecule has 0 radical (unpaired) electrons. The summed E-state index contributed by atoms with van der Waals surface area (Å²) in [7, 11) is 4.44. The molecule has 6 aliphatic rings. The molecule has 0 aromatic rings. The van der Waals surface area contributed by atoms with Crippen molar-refractivity contribution >= 4 is 53.7 Å². The standard InChI is InChI=1S/C67H100O22/c1-38-17-20-47-62(4,35-68)23-14-26-65(47,7)44(38)33-86-54(60(79)83-12)42(29-50(69)70)57(76)89-37-64(6)25-16-28-67(9)46(40(3)19-22-49(64)67)34-87-55(61(80)84-13)43(30-51(71)72)58(77)88-36-63(5)24-15-27-66(8)45(39(2)18-21-48(63)66)32-85-53(59(78)82-11)41(56(74)75)31-52(73)81-10/h41-49,53-55,68H,1-3,14-37H2,4-13H3,(H,69,70)(H,71,72)(H,74,75). The Morgan fingerprint density at radius 2 is 0.764 bits per heavy atom. The Morgan fingerprint density at radius 1 is 0.449 bits per heavy atom. The topological polar surface area (TPSA) is 318 Å². The van der Waals surface area contributed by atoms with E-state index in [1.165, 1.54) is 0 Å². The highest BCUT2D eigenvalue weighted by molar-refractivity contribution is 5.88. The van der Waals surface area contributed by atoms with Gasteiger partial charge >= 0.3 is 53.7 Å². The van der Waals surface area contributed by atoms with E-state index in [-0.39, 0.29) is 74.1 Å². The summed E-state index contributed by atoms with van der Waals surface area (Å²) < 4.78 is 51.2. The number of rotatable bonds is 29. The average Bonchev–Trinajstić information content (AvgIpc) is 0.789. The number of aliphatic hydroxyl groups is 1. The monoisotopic (exact) mass is 1260 g/mol. The number of carbonyl (C=O) groups is 9. The van der Waals surface area contributed by atoms with Gasteiger partial charge in [-0.25, -0.2) is 14.4 Å². The highest BCUT2D eigenvalue weighted by Gasteiger charge is 2.59. The Hall–Kier alpha value is -5.71. The smallest absolute Gasteiger partial charge is 0.335 e. The number of hydrogen-bond acceptors (Lipinski definition) is 19. The van der Waals surface area contributed by atoms with E-state index in [1.54, 1.807) is 0 Å². The molecule has 22 heteroatoms. The van der Waals surface area contributed by atoms with Gasteiger partial charge < -0.3 is 63.1 Å². The van der Waals surface area contributed by atoms with Gasteiger partial charge in [-0.1, -0.05) is 97.3 Å². The van der Waals surface area contributed by atoms with Gasteiger partial charge in [0.05, 0.1) is 80.7 Å². The van der Waals surface area contributed by atoms with Gasteiger partial charge in [-0.3, -0.25) is 28.8 Å². The quantitative estimate of drug-likeness (QED) is 0.0310. The van der Waals surface area contributed by atoms with Crippen LogP contribution in [-0.2, 0) is 85.8 Å². The van der Waals surface area contributed by atoms with Crippen molar-refractivity contribution < 1.29 is 106 Å². The molecule has 18 atom stereocenters. The van der Waals surface area contributed by atoms with Crippen LogP contribution in [0, 0.1) is 85.8 Å². The minimum Gasteiger partial charge on any atom is -0.481 e. The molecule has 0 aromatic carbocycles. The highest BCUT2D eigenvalue weighted by Crippen LogP contribution is 2.64. The lowest BCUT2D eigenvalue weighted by molar-refractivity contribution is -0.183. The van der Waals surface area contributed by atoms with E-state index in [1.807, 2.05) is 13.8 Å². The van der Waals surface area contributed by atoms with Gasteiger partial charge in [-0.05, 0) is 116 Å². The molecular weight excluding hydrogens is 1160 g/mol. The lowest BCUT2D eigenvalue weighted by Gasteiger charge is -2.58. The first-order valence-electron chi connectivity index (χ1n) is 31.6. The van der Waals surface area contributed by atoms with Crippen LogP contribution >= 0.6 is 0 Å². The fourth-order valence-electron chi connectivity index (χ4n) is 18.0. The van der Waals surface area contributed by atoms with Crippen LogP contribution < -0.4 is 0 Å². The molecule has 89 heavy (non-hydrogen) atoms. The van der Waals surface area contributed by atoms with Crippen LogP contribution in [-0.4, -0.2) is 161 Å². The number of fused-ring (bicyclic) bond motifs is 3. The average molecular weight is 1260 g/mol. The van der Waals surface area contributed by atoms with E-state index in [4.69, 9.17) is 42.6 Å². The van der Waals surface area contributed by atoms with Crippen LogP contribution in [0.25, 0.3) is 0 Å². The molecule has 6 rings (SSSR count). The number of hydrogen-bond donors (Lipinski definition) is 4. The van der Waals surface area contributed by atoms with E-state index in [0.717, 1.165) is 70.8 Å². The summed E-state index contributed by atoms with van der Waals surface area (Å²) in [6, 6.07) is 0. The molecule has 0 aliphatic heterocycles. The fourth-order valence-corrected chi connectivity index (χ4v) is 18.0. The molecule has 6 fully saturated rings. The molecule has 500 valence electrons. The van der Waals surface area contributed by atoms with Crippen molar-refractivity contribution in [1.29, 1.82) is 0 Å². The van der Waals surface area contributed by atoms with Crippen molar-refractivity contribution in [2.24, 2.45) is 85.8 Å². The summed E-state index contributed by atoms with van der Waals surface area (Å²) in [5.41, 5.74) is -0.738. The van der Waals surface area contributed by atoms with Crippen LogP contribution in [0.15, 0.2) is 36.5 Å². The van der Waals surface area contributed by atoms with Crippen molar-refractivity contribution in [3.63, 3.8) is 0 Å². The Labute approximate surface area is 523 Å². The Morgan fingerprint density at radius 3 is 1.06 bits per heavy atom. The zero-order valence-electron chi connectivity index (χ0n) is 54.2. The lowest BCUT2D eigenvalue weighted by atomic mass is 9.47. The molecule has 22 nitrogen and oxygen atoms in total. The van der Waals surface area contributed by atoms with E-state index in [0.29, 0.717) is 70.6 Å². The second kappa shape index (κ2) is 29.7. The minimum absolute atomic E-state index is 0.0227. The maximum Gasteiger partial charge on any atom is 0.335 e. The van der Waals surface area contributed by atoms with Crippen LogP contribution in [0.4, 0.5) is 0 Å². The fraction of sp³-hybridized carbons (Fsp3) is 0.776. The molecule has 0 amide bonds. The third-order valence-electron chi connectivity index (χ3n) is 22.9. The lowest BCUT2D eigenvalue weighted by Crippen LogP contribution is -2.54. The molecule has 0 spiro atoms. The summed E-state index contributed by atoms with van der Waals surface area (Å²) in [6.45, 7) is 24.9. The van der Waals surface area contributed by atoms with Gasteiger partial charge in [-0.2, -0.15) is 0 Å². The maximum atomic E-state index is 14.5. The molecule has 0 bridgehead atoms. The molecule has 0 aromatic heterocycles. The number of carboxylic acid groups (broad SMARTS) is 3. The highest BCUT2D eigenvalue weighted by atomic mass is 16.6. The van der Waals surface area contributed by atoms with Crippen LogP contribution in [0.5, 0.6) is 0 Å². The number of esters is 6. The zero-order valence-corrected chi connectivity index (χ0v) is 54.2. The van der Waals surface area contributed by atoms with Crippen molar-refractivity contribution in [2.45, 2.75) is 175 Å². The van der Waals surface area contributed by atoms with Crippen molar-refractivity contribution in [3.8, 4) is 0 Å². The predicted octanol–water partition coefficient (Wildman–Crippen LogP) is 8.52. The molecule has 18 unspecified atom stereocenters. The van der Waals surface area contributed by atoms with Gasteiger partial charge in [0.1, 0.15) is 17.8 Å². The van der Waals surface area contributed by atoms with Crippen LogP contribution in [0.3, 0.4) is 0 Å². The van der Waals surface area contributed by atoms with Crippen molar-refractivity contribution in [3.05, 3.63) is 36.5 Å². The second-order valence-corrected chi connectivity index (χ2v) is 28.3. The Bertz CT molecular complexity index is 2670. The third kappa shape index (κ3) is 15.5. The molecule has 6 saturated carbocycles. The summed E-state index contributed by atoms with van der Waals surface area (Å²) in [4.78, 5) is 119. The molecule has 6 aliphatic carbocycles. The van der Waals surface area contributed by atoms with Crippen LogP contribution in [0.2, 0.25) is 0 Å². The number of methoxy groups -OCH3 is 4. The molecule has 4 N–H and O–H groups in total. The molecule has 0 saturated heterocycles. The number of carboxylic acids is 3. The summed E-state index contributed by atoms with van der Waals surface area (Å²) in [6.07, 6.45) is 2.97. The second-order valence-electron chi connectivity index (χ2n) is 28.3. The number of ether oxygens (including phenoxy) is 9. The normalized spacial score (nSPS) is 33.8. The van der Waals surface area contributed by atoms with Crippen LogP contribution in [0.1, 0.15) is 157 Å². The SMILES string of the molecule is C=C1CCC2C(C)(CO)CCCC2(C)C1COC(C(=O)OC)C(CC(=O)O)C(=O)OCC1(C)CCCC2(C)C(COC(C(=O)OC)C(CC(=O)O)C(=O)OCC3(C)CCCC4(C)C(COC(C(=O)OC)C(CC(=O)OC)C(=O)O)C(=C)CCC34)C(=C)CCC12. The third-order valence-corrected chi connectivity index (χ3v) is 22.9. The molecular formula is C67H100O22. The number of carbonyl (C=O) groups excluding carboxylic acids is 6. The van der Waals surface area contributed by atoms with E-state index in [9.17, 15) is 63.6 Å². The van der Waals surface area contributed by atoms with Gasteiger partial charge in [0.15, 0.2) is 18.3 Å². The zero-order chi connectivity index (χ0) is 66.2. The van der Waals surface area contributed by atoms with Crippen molar-refractivity contribution in [1.82, 2.24) is 0 Å². The molecule has 0 heterocycles. The first-order chi connectivity index (χ1) is 41.8. The Balaban J connectivity index is 1.17. The van der Waals surface area contributed by atoms with E-state index in [2.05, 4.69) is 47.4 Å². The summed E-state index contributed by atoms with van der Waals surface area (Å²) in [5, 5.41) is 41.1. The summed E-state index contributed by atoms with van der Waals surface area (Å²) >= 11 is 0. The number of aliphatic hydroxyl groups excluding tert-OH is 1. The number of aliphatic carboxylic acids is 3. The minimum atomic E-state index is -1.73. The van der Waals surface area contributed by atoms with Crippen molar-refractivity contribution in [2.75, 3.05) is 68.1 Å². The van der Waals surface area contributed by atoms with Gasteiger partial charge in [0.2, 0.25) is 0 Å². The maximum absolute atomic E-state index is 14.5. The Kier molecular flexibility index (Phi) is 24.2. The van der Waals surface area contributed by atoms with E-state index < -0.39 is 143 Å². The first-order valence-corrected chi connectivity index (χ1v) is 31.6. The van der Waals surface area contributed by atoms with E-state index >= 15 is 0 Å². The first kappa shape index (κ1) is 72.4. The largest absolute Gasteiger partial charge is 0.481 e. The van der Waals surface area contributed by atoms with Gasteiger partial charge in [-0.15, -0.1) is 0 Å². The van der Waals surface area contributed by atoms with Gasteiger partial charge in [0.25, 0.3) is 0 Å². The van der Waals surface area contributed by atoms with Gasteiger partial charge in [0, 0.05) is 35.2 Å². The summed E-state index contributed by atoms with van der Waals surface area (Å²) in [5.74, 6) is -16.0.